The number of halogens is 2. The minimum Gasteiger partial charge on any atom is -0.497 e. The van der Waals surface area contributed by atoms with E-state index in [-0.39, 0.29) is 21.2 Å². The third-order valence-electron chi connectivity index (χ3n) is 4.60. The summed E-state index contributed by atoms with van der Waals surface area (Å²) in [5, 5.41) is 3.12. The van der Waals surface area contributed by atoms with Crippen LogP contribution < -0.4 is 10.1 Å². The number of carbonyl (C=O) groups excluding carboxylic acids is 3. The van der Waals surface area contributed by atoms with Gasteiger partial charge < -0.3 is 10.1 Å². The van der Waals surface area contributed by atoms with E-state index in [4.69, 9.17) is 27.9 Å². The highest BCUT2D eigenvalue weighted by Crippen LogP contribution is 2.32. The van der Waals surface area contributed by atoms with Crippen molar-refractivity contribution >= 4 is 40.9 Å². The zero-order valence-electron chi connectivity index (χ0n) is 15.3. The molecule has 2 aromatic carbocycles. The van der Waals surface area contributed by atoms with Crippen LogP contribution >= 0.6 is 23.2 Å². The molecule has 28 heavy (non-hydrogen) atoms. The molecule has 0 spiro atoms. The van der Waals surface area contributed by atoms with Crippen molar-refractivity contribution in [2.75, 3.05) is 13.7 Å². The number of hydrogen-bond acceptors (Lipinski definition) is 4. The summed E-state index contributed by atoms with van der Waals surface area (Å²) in [7, 11) is 1.59. The van der Waals surface area contributed by atoms with Crippen LogP contribution in [0.5, 0.6) is 5.75 Å². The molecule has 0 bridgehead atoms. The molecule has 3 amide bonds. The predicted molar refractivity (Wildman–Crippen MR) is 106 cm³/mol. The Balaban J connectivity index is 1.63. The van der Waals surface area contributed by atoms with Gasteiger partial charge in [0.05, 0.1) is 28.3 Å². The van der Waals surface area contributed by atoms with E-state index >= 15 is 0 Å². The Bertz CT molecular complexity index is 903. The zero-order valence-corrected chi connectivity index (χ0v) is 16.8. The fourth-order valence-corrected chi connectivity index (χ4v) is 3.32. The van der Waals surface area contributed by atoms with Gasteiger partial charge in [0.1, 0.15) is 11.8 Å². The lowest BCUT2D eigenvalue weighted by atomic mass is 10.1. The van der Waals surface area contributed by atoms with Gasteiger partial charge in [-0.15, -0.1) is 0 Å². The first-order chi connectivity index (χ1) is 13.3. The van der Waals surface area contributed by atoms with Crippen molar-refractivity contribution < 1.29 is 19.1 Å². The molecular formula is C20H18Cl2N2O4. The zero-order chi connectivity index (χ0) is 20.4. The molecule has 0 saturated carbocycles. The first-order valence-corrected chi connectivity index (χ1v) is 9.36. The normalized spacial score (nSPS) is 14.1. The van der Waals surface area contributed by atoms with E-state index in [1.165, 1.54) is 19.1 Å². The molecule has 146 valence electrons. The number of rotatable bonds is 6. The maximum atomic E-state index is 12.6. The molecule has 1 heterocycles. The number of methoxy groups -OCH3 is 1. The topological polar surface area (TPSA) is 75.7 Å². The largest absolute Gasteiger partial charge is 0.497 e. The quantitative estimate of drug-likeness (QED) is 0.726. The highest BCUT2D eigenvalue weighted by atomic mass is 35.5. The maximum Gasteiger partial charge on any atom is 0.262 e. The van der Waals surface area contributed by atoms with Crippen molar-refractivity contribution in [1.82, 2.24) is 10.2 Å². The fourth-order valence-electron chi connectivity index (χ4n) is 2.99. The Morgan fingerprint density at radius 2 is 1.61 bits per heavy atom. The van der Waals surface area contributed by atoms with E-state index in [1.54, 1.807) is 7.11 Å². The Hall–Kier alpha value is -2.57. The molecule has 6 nitrogen and oxygen atoms in total. The average molecular weight is 421 g/mol. The first kappa shape index (κ1) is 20.2. The van der Waals surface area contributed by atoms with Crippen molar-refractivity contribution in [3.63, 3.8) is 0 Å². The maximum absolute atomic E-state index is 12.6. The number of hydrogen-bond donors (Lipinski definition) is 1. The Morgan fingerprint density at radius 3 is 2.11 bits per heavy atom. The van der Waals surface area contributed by atoms with Gasteiger partial charge in [-0.3, -0.25) is 19.3 Å². The lowest BCUT2D eigenvalue weighted by Gasteiger charge is -2.21. The molecule has 0 fully saturated rings. The summed E-state index contributed by atoms with van der Waals surface area (Å²) >= 11 is 11.9. The highest BCUT2D eigenvalue weighted by Gasteiger charge is 2.41. The number of amides is 3. The first-order valence-electron chi connectivity index (χ1n) is 8.61. The Kier molecular flexibility index (Phi) is 5.91. The molecule has 2 aromatic rings. The summed E-state index contributed by atoms with van der Waals surface area (Å²) in [6, 6.07) is 9.25. The molecule has 1 atom stereocenters. The number of nitrogens with zero attached hydrogens (tertiary/aromatic N) is 1. The van der Waals surface area contributed by atoms with Gasteiger partial charge in [-0.1, -0.05) is 35.3 Å². The second-order valence-corrected chi connectivity index (χ2v) is 7.17. The van der Waals surface area contributed by atoms with Crippen molar-refractivity contribution in [3.05, 3.63) is 63.1 Å². The Morgan fingerprint density at radius 1 is 1.07 bits per heavy atom. The van der Waals surface area contributed by atoms with Crippen LogP contribution in [0.3, 0.4) is 0 Å². The van der Waals surface area contributed by atoms with E-state index in [2.05, 4.69) is 5.32 Å². The van der Waals surface area contributed by atoms with Crippen LogP contribution in [0, 0.1) is 0 Å². The smallest absolute Gasteiger partial charge is 0.262 e. The van der Waals surface area contributed by atoms with Gasteiger partial charge >= 0.3 is 0 Å². The lowest BCUT2D eigenvalue weighted by molar-refractivity contribution is -0.124. The van der Waals surface area contributed by atoms with Crippen molar-refractivity contribution in [1.29, 1.82) is 0 Å². The second kappa shape index (κ2) is 8.20. The number of ether oxygens (including phenoxy) is 1. The lowest BCUT2D eigenvalue weighted by Crippen LogP contribution is -2.48. The summed E-state index contributed by atoms with van der Waals surface area (Å²) in [5.41, 5.74) is 1.33. The van der Waals surface area contributed by atoms with Crippen LogP contribution in [-0.4, -0.2) is 42.3 Å². The summed E-state index contributed by atoms with van der Waals surface area (Å²) in [6.07, 6.45) is 0.607. The van der Waals surface area contributed by atoms with E-state index in [0.29, 0.717) is 13.0 Å². The van der Waals surface area contributed by atoms with Crippen LogP contribution in [-0.2, 0) is 11.2 Å². The van der Waals surface area contributed by atoms with Crippen LogP contribution in [0.1, 0.15) is 33.2 Å². The van der Waals surface area contributed by atoms with Gasteiger partial charge in [0, 0.05) is 6.54 Å². The molecule has 1 unspecified atom stereocenters. The van der Waals surface area contributed by atoms with E-state index in [9.17, 15) is 14.4 Å². The van der Waals surface area contributed by atoms with Gasteiger partial charge in [0.15, 0.2) is 0 Å². The second-order valence-electron chi connectivity index (χ2n) is 6.36. The summed E-state index contributed by atoms with van der Waals surface area (Å²) in [6.45, 7) is 1.88. The van der Waals surface area contributed by atoms with E-state index in [1.807, 2.05) is 24.3 Å². The van der Waals surface area contributed by atoms with Crippen molar-refractivity contribution in [3.8, 4) is 5.75 Å². The predicted octanol–water partition coefficient (Wildman–Crippen LogP) is 3.35. The van der Waals surface area contributed by atoms with Crippen LogP contribution in [0.2, 0.25) is 10.0 Å². The third-order valence-corrected chi connectivity index (χ3v) is 5.32. The number of benzene rings is 2. The SMILES string of the molecule is COc1ccc(CCNC(=O)C(C)N2C(=O)c3cc(Cl)c(Cl)cc3C2=O)cc1. The van der Waals surface area contributed by atoms with Crippen molar-refractivity contribution in [2.24, 2.45) is 0 Å². The molecule has 0 aromatic heterocycles. The summed E-state index contributed by atoms with van der Waals surface area (Å²) in [5.74, 6) is -0.778. The van der Waals surface area contributed by atoms with Gasteiger partial charge in [-0.25, -0.2) is 0 Å². The Labute approximate surface area is 172 Å². The van der Waals surface area contributed by atoms with Crippen molar-refractivity contribution in [2.45, 2.75) is 19.4 Å². The fraction of sp³-hybridized carbons (Fsp3) is 0.250. The third kappa shape index (κ3) is 3.84. The van der Waals surface area contributed by atoms with Gasteiger partial charge in [-0.2, -0.15) is 0 Å². The van der Waals surface area contributed by atoms with Crippen LogP contribution in [0.25, 0.3) is 0 Å². The minimum atomic E-state index is -0.958. The molecule has 0 saturated heterocycles. The molecule has 1 aliphatic heterocycles. The molecule has 0 aliphatic carbocycles. The molecular weight excluding hydrogens is 403 g/mol. The number of nitrogens with one attached hydrogen (secondary N) is 1. The summed E-state index contributed by atoms with van der Waals surface area (Å²) < 4.78 is 5.11. The van der Waals surface area contributed by atoms with E-state index < -0.39 is 23.8 Å². The molecule has 1 aliphatic rings. The van der Waals surface area contributed by atoms with Gasteiger partial charge in [0.25, 0.3) is 11.8 Å². The van der Waals surface area contributed by atoms with E-state index in [0.717, 1.165) is 16.2 Å². The molecule has 8 heteroatoms. The molecule has 0 radical (unpaired) electrons. The monoisotopic (exact) mass is 420 g/mol. The number of fused-ring (bicyclic) bond motifs is 1. The average Bonchev–Trinajstić information content (AvgIpc) is 2.92. The van der Waals surface area contributed by atoms with Gasteiger partial charge in [0.2, 0.25) is 5.91 Å². The number of carbonyl (C=O) groups is 3. The minimum absolute atomic E-state index is 0.150. The standard InChI is InChI=1S/C20H18Cl2N2O4/c1-11(18(25)23-8-7-12-3-5-13(28-2)6-4-12)24-19(26)14-9-16(21)17(22)10-15(14)20(24)27/h3-6,9-11H,7-8H2,1-2H3,(H,23,25). The number of imide groups is 1. The summed E-state index contributed by atoms with van der Waals surface area (Å²) in [4.78, 5) is 38.6. The highest BCUT2D eigenvalue weighted by molar-refractivity contribution is 6.43. The molecule has 1 N–H and O–H groups in total. The van der Waals surface area contributed by atoms with Gasteiger partial charge in [-0.05, 0) is 43.2 Å². The molecule has 3 rings (SSSR count). The van der Waals surface area contributed by atoms with Crippen LogP contribution in [0.15, 0.2) is 36.4 Å². The van der Waals surface area contributed by atoms with Crippen LogP contribution in [0.4, 0.5) is 0 Å².